The molecule has 0 radical (unpaired) electrons. The molecule has 1 N–H and O–H groups in total. The van der Waals surface area contributed by atoms with Crippen LogP contribution in [0.15, 0.2) is 54.6 Å². The van der Waals surface area contributed by atoms with Crippen LogP contribution in [0.4, 0.5) is 14.9 Å². The maximum atomic E-state index is 14.7. The second kappa shape index (κ2) is 12.8. The topological polar surface area (TPSA) is 106 Å². The Morgan fingerprint density at radius 1 is 1.17 bits per heavy atom. The number of nitrogens with zero attached hydrogens (tertiary/aromatic N) is 2. The van der Waals surface area contributed by atoms with E-state index in [0.29, 0.717) is 29.6 Å². The van der Waals surface area contributed by atoms with Crippen molar-refractivity contribution in [1.82, 2.24) is 5.06 Å². The summed E-state index contributed by atoms with van der Waals surface area (Å²) in [4.78, 5) is 42.2. The highest BCUT2D eigenvalue weighted by molar-refractivity contribution is 6.31. The predicted octanol–water partition coefficient (Wildman–Crippen LogP) is 5.96. The van der Waals surface area contributed by atoms with Crippen LogP contribution in [0.3, 0.4) is 0 Å². The van der Waals surface area contributed by atoms with Gasteiger partial charge >= 0.3 is 12.1 Å². The molecule has 1 aliphatic heterocycles. The summed E-state index contributed by atoms with van der Waals surface area (Å²) >= 11 is 6.14. The summed E-state index contributed by atoms with van der Waals surface area (Å²) in [5.74, 6) is -0.381. The summed E-state index contributed by atoms with van der Waals surface area (Å²) in [6, 6.07) is 15.7. The quantitative estimate of drug-likeness (QED) is 0.156. The Labute approximate surface area is 247 Å². The van der Waals surface area contributed by atoms with E-state index in [9.17, 15) is 18.8 Å². The van der Waals surface area contributed by atoms with E-state index in [2.05, 4.69) is 0 Å². The third-order valence-corrected chi connectivity index (χ3v) is 7.90. The third kappa shape index (κ3) is 6.50. The minimum Gasteiger partial charge on any atom is -0.490 e. The Morgan fingerprint density at radius 2 is 1.98 bits per heavy atom. The van der Waals surface area contributed by atoms with Crippen molar-refractivity contribution < 1.29 is 38.2 Å². The Kier molecular flexibility index (Phi) is 8.94. The van der Waals surface area contributed by atoms with Crippen molar-refractivity contribution in [3.05, 3.63) is 82.1 Å². The van der Waals surface area contributed by atoms with E-state index in [1.807, 2.05) is 31.2 Å². The molecule has 1 aliphatic carbocycles. The van der Waals surface area contributed by atoms with Gasteiger partial charge < -0.3 is 14.6 Å². The Morgan fingerprint density at radius 3 is 2.76 bits per heavy atom. The maximum absolute atomic E-state index is 14.7. The van der Waals surface area contributed by atoms with Gasteiger partial charge in [0.25, 0.3) is 0 Å². The number of ether oxygens (including phenoxy) is 2. The largest absolute Gasteiger partial charge is 0.490 e. The van der Waals surface area contributed by atoms with E-state index in [1.54, 1.807) is 29.2 Å². The van der Waals surface area contributed by atoms with E-state index >= 15 is 0 Å². The number of carboxylic acids is 1. The molecule has 2 aliphatic rings. The first-order valence-corrected chi connectivity index (χ1v) is 13.9. The number of hydroxylamine groups is 2. The average Bonchev–Trinajstić information content (AvgIpc) is 3.77. The van der Waals surface area contributed by atoms with Gasteiger partial charge in [-0.3, -0.25) is 19.3 Å². The summed E-state index contributed by atoms with van der Waals surface area (Å²) < 4.78 is 26.0. The van der Waals surface area contributed by atoms with Gasteiger partial charge in [-0.25, -0.2) is 14.2 Å². The summed E-state index contributed by atoms with van der Waals surface area (Å²) in [6.07, 6.45) is 0.533. The molecule has 3 aromatic carbocycles. The first-order valence-electron chi connectivity index (χ1n) is 13.6. The number of aliphatic carboxylic acids is 1. The number of amides is 2. The molecule has 1 heterocycles. The van der Waals surface area contributed by atoms with Gasteiger partial charge in [0.15, 0.2) is 0 Å². The number of halogens is 2. The lowest BCUT2D eigenvalue weighted by molar-refractivity contribution is -0.179. The first kappa shape index (κ1) is 29.3. The van der Waals surface area contributed by atoms with Crippen molar-refractivity contribution in [3.8, 4) is 16.9 Å². The number of carboxylic acid groups (broad SMARTS) is 1. The van der Waals surface area contributed by atoms with Crippen molar-refractivity contribution >= 4 is 35.8 Å². The van der Waals surface area contributed by atoms with Gasteiger partial charge in [-0.1, -0.05) is 35.9 Å². The molecule has 0 bridgehead atoms. The Hall–Kier alpha value is -4.15. The lowest BCUT2D eigenvalue weighted by Crippen LogP contribution is -2.37. The number of rotatable bonds is 12. The van der Waals surface area contributed by atoms with Crippen molar-refractivity contribution in [3.63, 3.8) is 0 Å². The van der Waals surface area contributed by atoms with E-state index in [-0.39, 0.29) is 44.3 Å². The monoisotopic (exact) mass is 596 g/mol. The van der Waals surface area contributed by atoms with Gasteiger partial charge in [-0.2, -0.15) is 0 Å². The van der Waals surface area contributed by atoms with Crippen LogP contribution in [0, 0.1) is 18.7 Å². The zero-order valence-electron chi connectivity index (χ0n) is 22.9. The average molecular weight is 597 g/mol. The molecule has 0 unspecified atom stereocenters. The van der Waals surface area contributed by atoms with Crippen molar-refractivity contribution in [2.75, 3.05) is 31.2 Å². The minimum atomic E-state index is -1.08. The minimum absolute atomic E-state index is 0.0655. The van der Waals surface area contributed by atoms with Gasteiger partial charge in [0, 0.05) is 22.7 Å². The van der Waals surface area contributed by atoms with E-state index in [4.69, 9.17) is 31.0 Å². The fourth-order valence-electron chi connectivity index (χ4n) is 5.20. The van der Waals surface area contributed by atoms with Crippen LogP contribution in [0.2, 0.25) is 5.02 Å². The smallest absolute Gasteiger partial charge is 0.414 e. The standard InChI is InChI=1S/C31H30ClFN2O7/c1-19-25(32)5-3-7-28(19)40-12-13-41-31(39)35-16-21-15-24(21)30-23(4-2-6-27(30)35)20-8-9-26(33)22(14-20)17-42-34(18-36)11-10-29(37)38/h2-9,14,18,21,24H,10-13,15-17H2,1H3,(H,37,38)/t21-,24-/m0/s1. The van der Waals surface area contributed by atoms with Crippen LogP contribution < -0.4 is 9.64 Å². The van der Waals surface area contributed by atoms with Gasteiger partial charge in [-0.05, 0) is 72.2 Å². The summed E-state index contributed by atoms with van der Waals surface area (Å²) in [7, 11) is 0. The Balaban J connectivity index is 1.29. The molecule has 9 nitrogen and oxygen atoms in total. The molecule has 5 rings (SSSR count). The molecule has 0 aromatic heterocycles. The highest BCUT2D eigenvalue weighted by Gasteiger charge is 2.48. The van der Waals surface area contributed by atoms with Crippen molar-refractivity contribution in [2.45, 2.75) is 32.3 Å². The van der Waals surface area contributed by atoms with Gasteiger partial charge in [-0.15, -0.1) is 0 Å². The number of anilines is 1. The predicted molar refractivity (Wildman–Crippen MR) is 153 cm³/mol. The molecular weight excluding hydrogens is 567 g/mol. The van der Waals surface area contributed by atoms with Crippen LogP contribution in [-0.2, 0) is 25.8 Å². The normalized spacial score (nSPS) is 16.7. The summed E-state index contributed by atoms with van der Waals surface area (Å²) in [5, 5.41) is 10.3. The lowest BCUT2D eigenvalue weighted by atomic mass is 9.91. The van der Waals surface area contributed by atoms with Crippen LogP contribution in [0.5, 0.6) is 5.75 Å². The second-order valence-corrected chi connectivity index (χ2v) is 10.7. The van der Waals surface area contributed by atoms with E-state index in [0.717, 1.165) is 39.4 Å². The number of carbonyl (C=O) groups excluding carboxylic acids is 2. The summed E-state index contributed by atoms with van der Waals surface area (Å²) in [5.41, 5.74) is 4.40. The lowest BCUT2D eigenvalue weighted by Gasteiger charge is -2.30. The maximum Gasteiger partial charge on any atom is 0.414 e. The SMILES string of the molecule is Cc1c(Cl)cccc1OCCOC(=O)N1C[C@@H]2C[C@@H]2c2c(-c3ccc(F)c(CON(C=O)CCC(=O)O)c3)cccc21. The molecule has 0 spiro atoms. The molecule has 1 fully saturated rings. The number of hydrogen-bond acceptors (Lipinski definition) is 6. The highest BCUT2D eigenvalue weighted by Crippen LogP contribution is 2.57. The van der Waals surface area contributed by atoms with Gasteiger partial charge in [0.2, 0.25) is 6.41 Å². The zero-order valence-corrected chi connectivity index (χ0v) is 23.7. The molecule has 11 heteroatoms. The fourth-order valence-corrected chi connectivity index (χ4v) is 5.37. The molecule has 0 saturated heterocycles. The van der Waals surface area contributed by atoms with Crippen LogP contribution >= 0.6 is 11.6 Å². The number of benzene rings is 3. The molecule has 1 saturated carbocycles. The number of hydrogen-bond donors (Lipinski definition) is 1. The molecule has 42 heavy (non-hydrogen) atoms. The molecule has 2 amide bonds. The van der Waals surface area contributed by atoms with Crippen LogP contribution in [-0.4, -0.2) is 54.9 Å². The molecule has 3 aromatic rings. The Bertz CT molecular complexity index is 1500. The van der Waals surface area contributed by atoms with Gasteiger partial charge in [0.1, 0.15) is 31.4 Å². The molecule has 220 valence electrons. The summed E-state index contributed by atoms with van der Waals surface area (Å²) in [6.45, 7) is 2.24. The molecular formula is C31H30ClFN2O7. The first-order chi connectivity index (χ1) is 20.3. The van der Waals surface area contributed by atoms with E-state index < -0.39 is 17.9 Å². The molecule has 2 atom stereocenters. The van der Waals surface area contributed by atoms with Crippen LogP contribution in [0.1, 0.15) is 35.4 Å². The third-order valence-electron chi connectivity index (χ3n) is 7.50. The number of fused-ring (bicyclic) bond motifs is 3. The van der Waals surface area contributed by atoms with E-state index in [1.165, 1.54) is 6.07 Å². The fraction of sp³-hybridized carbons (Fsp3) is 0.323. The zero-order chi connectivity index (χ0) is 29.8. The van der Waals surface area contributed by atoms with Crippen LogP contribution in [0.25, 0.3) is 11.1 Å². The van der Waals surface area contributed by atoms with Crippen molar-refractivity contribution in [2.24, 2.45) is 5.92 Å². The van der Waals surface area contributed by atoms with Crippen molar-refractivity contribution in [1.29, 1.82) is 0 Å². The highest BCUT2D eigenvalue weighted by atomic mass is 35.5. The second-order valence-electron chi connectivity index (χ2n) is 10.2. The number of carbonyl (C=O) groups is 3. The van der Waals surface area contributed by atoms with Gasteiger partial charge in [0.05, 0.1) is 18.7 Å².